The van der Waals surface area contributed by atoms with Crippen molar-refractivity contribution in [1.82, 2.24) is 0 Å². The number of hydrogen-bond acceptors (Lipinski definition) is 2. The summed E-state index contributed by atoms with van der Waals surface area (Å²) in [6.07, 6.45) is 0. The van der Waals surface area contributed by atoms with E-state index in [4.69, 9.17) is 22.1 Å². The Kier molecular flexibility index (Phi) is 2.80. The van der Waals surface area contributed by atoms with Crippen LogP contribution in [0.3, 0.4) is 0 Å². The molecule has 3 nitrogen and oxygen atoms in total. The Morgan fingerprint density at radius 1 is 1.56 bits per heavy atom. The molecular weight excluding hydrogens is 224 g/mol. The molecule has 0 amide bonds. The predicted molar refractivity (Wildman–Crippen MR) is 67.0 cm³/mol. The first-order chi connectivity index (χ1) is 7.53. The summed E-state index contributed by atoms with van der Waals surface area (Å²) in [4.78, 5) is 4.19. The highest BCUT2D eigenvalue weighted by Gasteiger charge is 2.31. The number of nitrogens with zero attached hydrogens (tertiary/aromatic N) is 1. The SMILES string of the molecule is CC1(C)COc2cc(N=C(N)CCl)ccc21. The summed E-state index contributed by atoms with van der Waals surface area (Å²) in [7, 11) is 0. The van der Waals surface area contributed by atoms with Crippen LogP contribution < -0.4 is 10.5 Å². The molecule has 0 fully saturated rings. The van der Waals surface area contributed by atoms with Crippen LogP contribution in [0.4, 0.5) is 5.69 Å². The van der Waals surface area contributed by atoms with Gasteiger partial charge in [0.15, 0.2) is 0 Å². The second-order valence-corrected chi connectivity index (χ2v) is 4.86. The van der Waals surface area contributed by atoms with Crippen molar-refractivity contribution in [3.63, 3.8) is 0 Å². The smallest absolute Gasteiger partial charge is 0.125 e. The van der Waals surface area contributed by atoms with E-state index in [0.717, 1.165) is 11.4 Å². The molecule has 0 spiro atoms. The number of nitrogens with two attached hydrogens (primary N) is 1. The van der Waals surface area contributed by atoms with Crippen molar-refractivity contribution >= 4 is 23.1 Å². The number of hydrogen-bond donors (Lipinski definition) is 1. The third-order valence-corrected chi connectivity index (χ3v) is 2.97. The van der Waals surface area contributed by atoms with E-state index in [1.807, 2.05) is 18.2 Å². The average Bonchev–Trinajstić information content (AvgIpc) is 2.54. The minimum atomic E-state index is 0.0790. The molecule has 1 aromatic carbocycles. The zero-order valence-electron chi connectivity index (χ0n) is 9.46. The number of alkyl halides is 1. The number of fused-ring (bicyclic) bond motifs is 1. The molecule has 0 atom stereocenters. The zero-order valence-corrected chi connectivity index (χ0v) is 10.2. The lowest BCUT2D eigenvalue weighted by molar-refractivity contribution is 0.291. The Balaban J connectivity index is 2.36. The highest BCUT2D eigenvalue weighted by molar-refractivity contribution is 6.28. The first-order valence-electron chi connectivity index (χ1n) is 5.19. The van der Waals surface area contributed by atoms with Gasteiger partial charge in [-0.2, -0.15) is 0 Å². The molecule has 0 aliphatic carbocycles. The molecule has 2 N–H and O–H groups in total. The second-order valence-electron chi connectivity index (χ2n) is 4.59. The van der Waals surface area contributed by atoms with Crippen LogP contribution in [0.25, 0.3) is 0 Å². The molecule has 0 saturated carbocycles. The van der Waals surface area contributed by atoms with E-state index >= 15 is 0 Å². The van der Waals surface area contributed by atoms with Crippen molar-refractivity contribution in [3.8, 4) is 5.75 Å². The summed E-state index contributed by atoms with van der Waals surface area (Å²) >= 11 is 5.58. The van der Waals surface area contributed by atoms with Crippen LogP contribution in [0.2, 0.25) is 0 Å². The van der Waals surface area contributed by atoms with Crippen LogP contribution in [0, 0.1) is 0 Å². The number of benzene rings is 1. The minimum Gasteiger partial charge on any atom is -0.492 e. The van der Waals surface area contributed by atoms with E-state index in [-0.39, 0.29) is 11.3 Å². The summed E-state index contributed by atoms with van der Waals surface area (Å²) in [5, 5.41) is 0. The van der Waals surface area contributed by atoms with Gasteiger partial charge in [0.2, 0.25) is 0 Å². The summed E-state index contributed by atoms with van der Waals surface area (Å²) < 4.78 is 5.63. The highest BCUT2D eigenvalue weighted by atomic mass is 35.5. The van der Waals surface area contributed by atoms with E-state index in [1.165, 1.54) is 5.56 Å². The Hall–Kier alpha value is -1.22. The molecule has 0 aromatic heterocycles. The zero-order chi connectivity index (χ0) is 11.8. The van der Waals surface area contributed by atoms with Gasteiger partial charge in [0.25, 0.3) is 0 Å². The molecule has 2 rings (SSSR count). The second kappa shape index (κ2) is 3.98. The summed E-state index contributed by atoms with van der Waals surface area (Å²) in [6.45, 7) is 5.03. The lowest BCUT2D eigenvalue weighted by atomic mass is 9.87. The molecule has 0 unspecified atom stereocenters. The fraction of sp³-hybridized carbons (Fsp3) is 0.417. The molecular formula is C12H15ClN2O. The Bertz CT molecular complexity index is 441. The number of amidine groups is 1. The number of aliphatic imine (C=N–C) groups is 1. The standard InChI is InChI=1S/C12H15ClN2O/c1-12(2)7-16-10-5-8(3-4-9(10)12)15-11(14)6-13/h3-5H,6-7H2,1-2H3,(H2,14,15). The van der Waals surface area contributed by atoms with Gasteiger partial charge in [-0.05, 0) is 6.07 Å². The van der Waals surface area contributed by atoms with E-state index in [2.05, 4.69) is 18.8 Å². The Morgan fingerprint density at radius 2 is 2.31 bits per heavy atom. The molecule has 86 valence electrons. The number of rotatable bonds is 2. The lowest BCUT2D eigenvalue weighted by Gasteiger charge is -2.14. The fourth-order valence-electron chi connectivity index (χ4n) is 1.79. The molecule has 1 aromatic rings. The van der Waals surface area contributed by atoms with E-state index in [1.54, 1.807) is 0 Å². The summed E-state index contributed by atoms with van der Waals surface area (Å²) in [5.74, 6) is 1.55. The van der Waals surface area contributed by atoms with Crippen LogP contribution in [0.5, 0.6) is 5.75 Å². The van der Waals surface area contributed by atoms with Crippen molar-refractivity contribution in [3.05, 3.63) is 23.8 Å². The first-order valence-corrected chi connectivity index (χ1v) is 5.73. The van der Waals surface area contributed by atoms with Crippen LogP contribution in [-0.4, -0.2) is 18.3 Å². The largest absolute Gasteiger partial charge is 0.492 e. The Morgan fingerprint density at radius 3 is 3.00 bits per heavy atom. The highest BCUT2D eigenvalue weighted by Crippen LogP contribution is 2.40. The molecule has 1 aliphatic heterocycles. The molecule has 1 aliphatic rings. The fourth-order valence-corrected chi connectivity index (χ4v) is 1.85. The van der Waals surface area contributed by atoms with Crippen LogP contribution in [0.1, 0.15) is 19.4 Å². The van der Waals surface area contributed by atoms with Gasteiger partial charge in [-0.1, -0.05) is 19.9 Å². The molecule has 4 heteroatoms. The molecule has 16 heavy (non-hydrogen) atoms. The average molecular weight is 239 g/mol. The quantitative estimate of drug-likeness (QED) is 0.489. The molecule has 0 saturated heterocycles. The van der Waals surface area contributed by atoms with Gasteiger partial charge in [0, 0.05) is 17.0 Å². The molecule has 0 bridgehead atoms. The maximum absolute atomic E-state index is 5.63. The predicted octanol–water partition coefficient (Wildman–Crippen LogP) is 2.58. The van der Waals surface area contributed by atoms with Gasteiger partial charge in [-0.15, -0.1) is 11.6 Å². The minimum absolute atomic E-state index is 0.0790. The molecule has 0 radical (unpaired) electrons. The van der Waals surface area contributed by atoms with Crippen molar-refractivity contribution in [2.45, 2.75) is 19.3 Å². The van der Waals surface area contributed by atoms with E-state index in [9.17, 15) is 0 Å². The first kappa shape index (κ1) is 11.3. The van der Waals surface area contributed by atoms with Crippen molar-refractivity contribution in [2.24, 2.45) is 10.7 Å². The van der Waals surface area contributed by atoms with Crippen molar-refractivity contribution in [2.75, 3.05) is 12.5 Å². The van der Waals surface area contributed by atoms with Crippen LogP contribution >= 0.6 is 11.6 Å². The van der Waals surface area contributed by atoms with Gasteiger partial charge in [0.05, 0.1) is 18.2 Å². The monoisotopic (exact) mass is 238 g/mol. The normalized spacial score (nSPS) is 18.1. The van der Waals surface area contributed by atoms with Gasteiger partial charge in [0.1, 0.15) is 11.6 Å². The lowest BCUT2D eigenvalue weighted by Crippen LogP contribution is -2.18. The van der Waals surface area contributed by atoms with E-state index in [0.29, 0.717) is 12.4 Å². The Labute approximate surface area is 100 Å². The third-order valence-electron chi connectivity index (χ3n) is 2.69. The number of ether oxygens (including phenoxy) is 1. The van der Waals surface area contributed by atoms with Gasteiger partial charge in [-0.25, -0.2) is 4.99 Å². The van der Waals surface area contributed by atoms with Gasteiger partial charge in [-0.3, -0.25) is 0 Å². The summed E-state index contributed by atoms with van der Waals surface area (Å²) in [5.41, 5.74) is 7.66. The number of halogens is 1. The maximum atomic E-state index is 5.63. The molecule has 1 heterocycles. The van der Waals surface area contributed by atoms with Crippen molar-refractivity contribution in [1.29, 1.82) is 0 Å². The van der Waals surface area contributed by atoms with Crippen LogP contribution in [-0.2, 0) is 5.41 Å². The van der Waals surface area contributed by atoms with Gasteiger partial charge >= 0.3 is 0 Å². The van der Waals surface area contributed by atoms with Gasteiger partial charge < -0.3 is 10.5 Å². The summed E-state index contributed by atoms with van der Waals surface area (Å²) in [6, 6.07) is 5.89. The third kappa shape index (κ3) is 2.00. The maximum Gasteiger partial charge on any atom is 0.125 e. The topological polar surface area (TPSA) is 47.6 Å². The van der Waals surface area contributed by atoms with E-state index < -0.39 is 0 Å². The van der Waals surface area contributed by atoms with Crippen LogP contribution in [0.15, 0.2) is 23.2 Å². The van der Waals surface area contributed by atoms with Crippen molar-refractivity contribution < 1.29 is 4.74 Å².